The largest absolute Gasteiger partial charge is 0.449 e. The summed E-state index contributed by atoms with van der Waals surface area (Å²) in [6.07, 6.45) is 0.907. The fraction of sp³-hybridized carbons (Fsp3) is 0.333. The molecule has 25 heavy (non-hydrogen) atoms. The van der Waals surface area contributed by atoms with Crippen LogP contribution in [0.1, 0.15) is 42.3 Å². The fourth-order valence-electron chi connectivity index (χ4n) is 3.25. The van der Waals surface area contributed by atoms with Crippen LogP contribution in [0.4, 0.5) is 5.69 Å². The van der Waals surface area contributed by atoms with Gasteiger partial charge in [-0.05, 0) is 56.0 Å². The number of anilines is 1. The molecule has 1 amide bonds. The van der Waals surface area contributed by atoms with E-state index in [2.05, 4.69) is 6.92 Å². The molecule has 0 N–H and O–H groups in total. The first kappa shape index (κ1) is 17.2. The number of esters is 1. The van der Waals surface area contributed by atoms with Gasteiger partial charge in [-0.1, -0.05) is 37.3 Å². The van der Waals surface area contributed by atoms with Gasteiger partial charge in [0, 0.05) is 11.7 Å². The lowest BCUT2D eigenvalue weighted by Crippen LogP contribution is -2.43. The molecule has 130 valence electrons. The van der Waals surface area contributed by atoms with E-state index in [4.69, 9.17) is 4.74 Å². The summed E-state index contributed by atoms with van der Waals surface area (Å²) in [5, 5.41) is 0. The number of fused-ring (bicyclic) bond motifs is 1. The van der Waals surface area contributed by atoms with E-state index >= 15 is 0 Å². The molecule has 1 heterocycles. The van der Waals surface area contributed by atoms with Crippen molar-refractivity contribution in [1.29, 1.82) is 0 Å². The monoisotopic (exact) mass is 337 g/mol. The molecule has 0 bridgehead atoms. The Morgan fingerprint density at radius 1 is 1.16 bits per heavy atom. The number of nitrogens with zero attached hydrogens (tertiary/aromatic N) is 1. The Labute approximate surface area is 148 Å². The lowest BCUT2D eigenvalue weighted by atomic mass is 10.1. The first-order chi connectivity index (χ1) is 12.0. The summed E-state index contributed by atoms with van der Waals surface area (Å²) in [7, 11) is 0. The molecular weight excluding hydrogens is 314 g/mol. The molecule has 2 atom stereocenters. The Bertz CT molecular complexity index is 782. The maximum absolute atomic E-state index is 12.8. The Hall–Kier alpha value is -2.62. The summed E-state index contributed by atoms with van der Waals surface area (Å²) in [4.78, 5) is 26.9. The molecule has 3 rings (SSSR count). The smallest absolute Gasteiger partial charge is 0.338 e. The highest BCUT2D eigenvalue weighted by Crippen LogP contribution is 2.32. The van der Waals surface area contributed by atoms with Gasteiger partial charge in [-0.25, -0.2) is 4.79 Å². The van der Waals surface area contributed by atoms with Gasteiger partial charge in [0.2, 0.25) is 0 Å². The molecule has 1 aliphatic heterocycles. The van der Waals surface area contributed by atoms with Gasteiger partial charge in [-0.2, -0.15) is 0 Å². The number of carbonyl (C=O) groups is 2. The lowest BCUT2D eigenvalue weighted by molar-refractivity contribution is -0.126. The number of para-hydroxylation sites is 1. The van der Waals surface area contributed by atoms with Gasteiger partial charge in [-0.15, -0.1) is 0 Å². The quantitative estimate of drug-likeness (QED) is 0.798. The minimum Gasteiger partial charge on any atom is -0.449 e. The fourth-order valence-corrected chi connectivity index (χ4v) is 3.25. The molecule has 0 radical (unpaired) electrons. The summed E-state index contributed by atoms with van der Waals surface area (Å²) >= 11 is 0. The molecule has 2 aromatic carbocycles. The molecular formula is C21H23NO3. The van der Waals surface area contributed by atoms with Crippen LogP contribution in [-0.2, 0) is 22.4 Å². The second-order valence-electron chi connectivity index (χ2n) is 6.49. The average molecular weight is 337 g/mol. The number of hydrogen-bond acceptors (Lipinski definition) is 3. The minimum atomic E-state index is -0.827. The molecule has 2 aromatic rings. The first-order valence-corrected chi connectivity index (χ1v) is 8.72. The van der Waals surface area contributed by atoms with Gasteiger partial charge in [0.25, 0.3) is 5.91 Å². The third kappa shape index (κ3) is 3.43. The number of amides is 1. The van der Waals surface area contributed by atoms with Crippen molar-refractivity contribution in [2.45, 2.75) is 45.8 Å². The Balaban J connectivity index is 1.71. The molecule has 0 fully saturated rings. The number of benzene rings is 2. The van der Waals surface area contributed by atoms with Crippen LogP contribution in [0.2, 0.25) is 0 Å². The zero-order valence-electron chi connectivity index (χ0n) is 14.9. The average Bonchev–Trinajstić information content (AvgIpc) is 2.96. The molecule has 0 saturated carbocycles. The van der Waals surface area contributed by atoms with Crippen molar-refractivity contribution in [1.82, 2.24) is 0 Å². The van der Waals surface area contributed by atoms with E-state index in [1.54, 1.807) is 24.0 Å². The number of aryl methyl sites for hydroxylation is 1. The molecule has 1 aliphatic rings. The van der Waals surface area contributed by atoms with Crippen molar-refractivity contribution in [3.8, 4) is 0 Å². The van der Waals surface area contributed by atoms with Crippen molar-refractivity contribution in [2.75, 3.05) is 4.90 Å². The van der Waals surface area contributed by atoms with E-state index in [0.717, 1.165) is 29.7 Å². The predicted molar refractivity (Wildman–Crippen MR) is 97.8 cm³/mol. The Kier molecular flexibility index (Phi) is 4.88. The zero-order chi connectivity index (χ0) is 18.0. The van der Waals surface area contributed by atoms with Gasteiger partial charge in [0.1, 0.15) is 0 Å². The van der Waals surface area contributed by atoms with E-state index in [-0.39, 0.29) is 11.9 Å². The van der Waals surface area contributed by atoms with Crippen molar-refractivity contribution in [3.63, 3.8) is 0 Å². The number of rotatable bonds is 4. The molecule has 4 heteroatoms. The summed E-state index contributed by atoms with van der Waals surface area (Å²) in [5.74, 6) is -0.653. The Morgan fingerprint density at radius 3 is 2.52 bits per heavy atom. The minimum absolute atomic E-state index is 0.0647. The first-order valence-electron chi connectivity index (χ1n) is 8.72. The predicted octanol–water partition coefficient (Wildman–Crippen LogP) is 3.77. The van der Waals surface area contributed by atoms with Gasteiger partial charge >= 0.3 is 5.97 Å². The highest BCUT2D eigenvalue weighted by atomic mass is 16.5. The van der Waals surface area contributed by atoms with E-state index in [1.807, 2.05) is 43.3 Å². The van der Waals surface area contributed by atoms with Crippen molar-refractivity contribution >= 4 is 17.6 Å². The maximum Gasteiger partial charge on any atom is 0.338 e. The summed E-state index contributed by atoms with van der Waals surface area (Å²) < 4.78 is 5.42. The van der Waals surface area contributed by atoms with E-state index in [0.29, 0.717) is 5.56 Å². The SMILES string of the molecule is CCc1ccc(C(=O)O[C@@H](C)C(=O)N2c3ccccc3C[C@@H]2C)cc1. The topological polar surface area (TPSA) is 46.6 Å². The van der Waals surface area contributed by atoms with Crippen molar-refractivity contribution in [2.24, 2.45) is 0 Å². The molecule has 0 aromatic heterocycles. The summed E-state index contributed by atoms with van der Waals surface area (Å²) in [6, 6.07) is 15.2. The van der Waals surface area contributed by atoms with Crippen LogP contribution in [-0.4, -0.2) is 24.0 Å². The summed E-state index contributed by atoms with van der Waals surface area (Å²) in [5.41, 5.74) is 3.68. The molecule has 4 nitrogen and oxygen atoms in total. The molecule has 0 spiro atoms. The van der Waals surface area contributed by atoms with E-state index in [9.17, 15) is 9.59 Å². The van der Waals surface area contributed by atoms with Crippen LogP contribution in [0.15, 0.2) is 48.5 Å². The maximum atomic E-state index is 12.8. The number of ether oxygens (including phenoxy) is 1. The standard InChI is InChI=1S/C21H23NO3/c1-4-16-9-11-17(12-10-16)21(24)25-15(3)20(23)22-14(2)13-18-7-5-6-8-19(18)22/h5-12,14-15H,4,13H2,1-3H3/t14-,15-/m0/s1. The molecule has 0 saturated heterocycles. The second-order valence-corrected chi connectivity index (χ2v) is 6.49. The lowest BCUT2D eigenvalue weighted by Gasteiger charge is -2.26. The molecule has 0 unspecified atom stereocenters. The molecule has 0 aliphatic carbocycles. The normalized spacial score (nSPS) is 17.1. The Morgan fingerprint density at radius 2 is 1.84 bits per heavy atom. The highest BCUT2D eigenvalue weighted by molar-refractivity contribution is 6.00. The number of carbonyl (C=O) groups excluding carboxylic acids is 2. The highest BCUT2D eigenvalue weighted by Gasteiger charge is 2.34. The third-order valence-corrected chi connectivity index (χ3v) is 4.67. The third-order valence-electron chi connectivity index (χ3n) is 4.67. The number of hydrogen-bond donors (Lipinski definition) is 0. The van der Waals surface area contributed by atoms with Gasteiger partial charge < -0.3 is 9.64 Å². The second kappa shape index (κ2) is 7.09. The van der Waals surface area contributed by atoms with Crippen molar-refractivity contribution in [3.05, 3.63) is 65.2 Å². The van der Waals surface area contributed by atoms with Crippen LogP contribution in [0.5, 0.6) is 0 Å². The van der Waals surface area contributed by atoms with Crippen LogP contribution in [0, 0.1) is 0 Å². The van der Waals surface area contributed by atoms with Gasteiger partial charge in [0.05, 0.1) is 5.56 Å². The van der Waals surface area contributed by atoms with Gasteiger partial charge in [0.15, 0.2) is 6.10 Å². The van der Waals surface area contributed by atoms with Crippen LogP contribution >= 0.6 is 0 Å². The van der Waals surface area contributed by atoms with Crippen molar-refractivity contribution < 1.29 is 14.3 Å². The zero-order valence-corrected chi connectivity index (χ0v) is 14.9. The van der Waals surface area contributed by atoms with Gasteiger partial charge in [-0.3, -0.25) is 4.79 Å². The van der Waals surface area contributed by atoms with E-state index in [1.165, 1.54) is 0 Å². The van der Waals surface area contributed by atoms with Crippen LogP contribution in [0.25, 0.3) is 0 Å². The van der Waals surface area contributed by atoms with E-state index < -0.39 is 12.1 Å². The summed E-state index contributed by atoms with van der Waals surface area (Å²) in [6.45, 7) is 5.70. The van der Waals surface area contributed by atoms with Crippen LogP contribution in [0.3, 0.4) is 0 Å². The van der Waals surface area contributed by atoms with Crippen LogP contribution < -0.4 is 4.90 Å².